The smallest absolute Gasteiger partial charge is 0.387 e. The Bertz CT molecular complexity index is 375. The van der Waals surface area contributed by atoms with Crippen molar-refractivity contribution in [2.24, 2.45) is 0 Å². The lowest BCUT2D eigenvalue weighted by Crippen LogP contribution is -2.09. The highest BCUT2D eigenvalue weighted by Crippen LogP contribution is 2.27. The molecule has 0 saturated heterocycles. The number of carbonyl (C=O) groups is 1. The molecular weight excluding hydrogens is 214 g/mol. The third-order valence-electron chi connectivity index (χ3n) is 2.31. The zero-order chi connectivity index (χ0) is 12.1. The average Bonchev–Trinajstić information content (AvgIpc) is 2.27. The standard InChI is InChI=1S/C12H14F2O2/c1-3-8-6-5-7-9(10(15)4-2)11(8)16-12(13)14/h5-7,12H,3-4H2,1-2H3. The van der Waals surface area contributed by atoms with E-state index in [0.29, 0.717) is 12.0 Å². The minimum absolute atomic E-state index is 0.0202. The summed E-state index contributed by atoms with van der Waals surface area (Å²) in [5.74, 6) is -0.169. The summed E-state index contributed by atoms with van der Waals surface area (Å²) in [6.07, 6.45) is 0.819. The van der Waals surface area contributed by atoms with Gasteiger partial charge in [-0.25, -0.2) is 0 Å². The Morgan fingerprint density at radius 3 is 2.56 bits per heavy atom. The first-order chi connectivity index (χ1) is 7.60. The summed E-state index contributed by atoms with van der Waals surface area (Å²) in [4.78, 5) is 11.6. The van der Waals surface area contributed by atoms with Gasteiger partial charge in [0.25, 0.3) is 0 Å². The SMILES string of the molecule is CCC(=O)c1cccc(CC)c1OC(F)F. The lowest BCUT2D eigenvalue weighted by Gasteiger charge is -2.13. The number of aryl methyl sites for hydroxylation is 1. The van der Waals surface area contributed by atoms with E-state index in [2.05, 4.69) is 4.74 Å². The molecule has 88 valence electrons. The van der Waals surface area contributed by atoms with Gasteiger partial charge in [0.2, 0.25) is 0 Å². The van der Waals surface area contributed by atoms with Crippen LogP contribution in [0.3, 0.4) is 0 Å². The van der Waals surface area contributed by atoms with Crippen molar-refractivity contribution in [1.82, 2.24) is 0 Å². The molecule has 0 amide bonds. The van der Waals surface area contributed by atoms with E-state index >= 15 is 0 Å². The molecule has 16 heavy (non-hydrogen) atoms. The van der Waals surface area contributed by atoms with E-state index < -0.39 is 6.61 Å². The number of benzene rings is 1. The Morgan fingerprint density at radius 2 is 2.06 bits per heavy atom. The van der Waals surface area contributed by atoms with E-state index in [1.54, 1.807) is 19.1 Å². The molecule has 2 nitrogen and oxygen atoms in total. The summed E-state index contributed by atoms with van der Waals surface area (Å²) < 4.78 is 28.9. The average molecular weight is 228 g/mol. The quantitative estimate of drug-likeness (QED) is 0.721. The van der Waals surface area contributed by atoms with Crippen molar-refractivity contribution in [2.75, 3.05) is 0 Å². The molecule has 0 aliphatic carbocycles. The van der Waals surface area contributed by atoms with Crippen LogP contribution in [0.4, 0.5) is 8.78 Å². The molecule has 0 spiro atoms. The highest BCUT2D eigenvalue weighted by molar-refractivity contribution is 5.98. The van der Waals surface area contributed by atoms with Gasteiger partial charge in [-0.2, -0.15) is 8.78 Å². The molecule has 0 bridgehead atoms. The molecule has 0 aliphatic heterocycles. The number of para-hydroxylation sites is 1. The molecule has 4 heteroatoms. The fourth-order valence-electron chi connectivity index (χ4n) is 1.50. The van der Waals surface area contributed by atoms with Crippen molar-refractivity contribution in [3.05, 3.63) is 29.3 Å². The van der Waals surface area contributed by atoms with Crippen LogP contribution < -0.4 is 4.74 Å². The molecular formula is C12H14F2O2. The van der Waals surface area contributed by atoms with Crippen LogP contribution in [0.5, 0.6) is 5.75 Å². The van der Waals surface area contributed by atoms with Crippen molar-refractivity contribution in [3.63, 3.8) is 0 Å². The van der Waals surface area contributed by atoms with E-state index in [-0.39, 0.29) is 23.5 Å². The first-order valence-corrected chi connectivity index (χ1v) is 5.20. The van der Waals surface area contributed by atoms with Crippen LogP contribution in [-0.4, -0.2) is 12.4 Å². The van der Waals surface area contributed by atoms with Crippen LogP contribution >= 0.6 is 0 Å². The molecule has 0 unspecified atom stereocenters. The van der Waals surface area contributed by atoms with Gasteiger partial charge in [0.1, 0.15) is 5.75 Å². The summed E-state index contributed by atoms with van der Waals surface area (Å²) >= 11 is 0. The second kappa shape index (κ2) is 5.58. The molecule has 0 heterocycles. The largest absolute Gasteiger partial charge is 0.434 e. The molecule has 0 atom stereocenters. The highest BCUT2D eigenvalue weighted by Gasteiger charge is 2.17. The van der Waals surface area contributed by atoms with Gasteiger partial charge in [0, 0.05) is 6.42 Å². The van der Waals surface area contributed by atoms with Gasteiger partial charge >= 0.3 is 6.61 Å². The monoisotopic (exact) mass is 228 g/mol. The molecule has 1 aromatic carbocycles. The summed E-state index contributed by atoms with van der Waals surface area (Å²) in [6.45, 7) is 0.608. The molecule has 0 saturated carbocycles. The van der Waals surface area contributed by atoms with E-state index in [0.717, 1.165) is 0 Å². The molecule has 0 aromatic heterocycles. The number of hydrogen-bond acceptors (Lipinski definition) is 2. The predicted octanol–water partition coefficient (Wildman–Crippen LogP) is 3.44. The van der Waals surface area contributed by atoms with E-state index in [4.69, 9.17) is 0 Å². The van der Waals surface area contributed by atoms with Crippen molar-refractivity contribution in [1.29, 1.82) is 0 Å². The van der Waals surface area contributed by atoms with Crippen LogP contribution in [-0.2, 0) is 6.42 Å². The maximum absolute atomic E-state index is 12.3. The fraction of sp³-hybridized carbons (Fsp3) is 0.417. The number of halogens is 2. The van der Waals surface area contributed by atoms with Gasteiger partial charge in [0.15, 0.2) is 5.78 Å². The first-order valence-electron chi connectivity index (χ1n) is 5.20. The third kappa shape index (κ3) is 2.78. The summed E-state index contributed by atoms with van der Waals surface area (Å²) in [5.41, 5.74) is 0.863. The maximum atomic E-state index is 12.3. The van der Waals surface area contributed by atoms with Crippen LogP contribution in [0, 0.1) is 0 Å². The van der Waals surface area contributed by atoms with Gasteiger partial charge in [0.05, 0.1) is 5.56 Å². The Hall–Kier alpha value is -1.45. The highest BCUT2D eigenvalue weighted by atomic mass is 19.3. The van der Waals surface area contributed by atoms with E-state index in [9.17, 15) is 13.6 Å². The Balaban J connectivity index is 3.20. The number of rotatable bonds is 5. The topological polar surface area (TPSA) is 26.3 Å². The number of Topliss-reactive ketones (excluding diaryl/α,β-unsaturated/α-hetero) is 1. The Morgan fingerprint density at radius 1 is 1.38 bits per heavy atom. The predicted molar refractivity (Wildman–Crippen MR) is 57.1 cm³/mol. The summed E-state index contributed by atoms with van der Waals surface area (Å²) in [6, 6.07) is 4.88. The van der Waals surface area contributed by atoms with E-state index in [1.165, 1.54) is 6.07 Å². The number of carbonyl (C=O) groups excluding carboxylic acids is 1. The summed E-state index contributed by atoms with van der Waals surface area (Å²) in [7, 11) is 0. The minimum Gasteiger partial charge on any atom is -0.434 e. The van der Waals surface area contributed by atoms with Gasteiger partial charge in [-0.05, 0) is 18.1 Å². The Labute approximate surface area is 93.2 Å². The van der Waals surface area contributed by atoms with Crippen LogP contribution in [0.2, 0.25) is 0 Å². The number of ether oxygens (including phenoxy) is 1. The van der Waals surface area contributed by atoms with Gasteiger partial charge < -0.3 is 4.74 Å². The second-order valence-corrected chi connectivity index (χ2v) is 3.30. The molecule has 0 fully saturated rings. The van der Waals surface area contributed by atoms with Gasteiger partial charge in [-0.15, -0.1) is 0 Å². The van der Waals surface area contributed by atoms with Crippen molar-refractivity contribution in [2.45, 2.75) is 33.3 Å². The normalized spacial score (nSPS) is 10.6. The van der Waals surface area contributed by atoms with Crippen molar-refractivity contribution < 1.29 is 18.3 Å². The van der Waals surface area contributed by atoms with Crippen LogP contribution in [0.25, 0.3) is 0 Å². The lowest BCUT2D eigenvalue weighted by molar-refractivity contribution is -0.0507. The van der Waals surface area contributed by atoms with E-state index in [1.807, 2.05) is 6.92 Å². The zero-order valence-electron chi connectivity index (χ0n) is 9.30. The molecule has 0 N–H and O–H groups in total. The number of alkyl halides is 2. The molecule has 0 aliphatic rings. The maximum Gasteiger partial charge on any atom is 0.387 e. The first kappa shape index (κ1) is 12.6. The van der Waals surface area contributed by atoms with Crippen molar-refractivity contribution >= 4 is 5.78 Å². The number of hydrogen-bond donors (Lipinski definition) is 0. The van der Waals surface area contributed by atoms with Crippen molar-refractivity contribution in [3.8, 4) is 5.75 Å². The van der Waals surface area contributed by atoms with Crippen LogP contribution in [0.15, 0.2) is 18.2 Å². The molecule has 1 rings (SSSR count). The minimum atomic E-state index is -2.91. The number of ketones is 1. The van der Waals surface area contributed by atoms with Gasteiger partial charge in [-0.1, -0.05) is 26.0 Å². The third-order valence-corrected chi connectivity index (χ3v) is 2.31. The molecule has 0 radical (unpaired) electrons. The second-order valence-electron chi connectivity index (χ2n) is 3.30. The van der Waals surface area contributed by atoms with Gasteiger partial charge in [-0.3, -0.25) is 4.79 Å². The van der Waals surface area contributed by atoms with Crippen LogP contribution in [0.1, 0.15) is 36.2 Å². The fourth-order valence-corrected chi connectivity index (χ4v) is 1.50. The Kier molecular flexibility index (Phi) is 4.40. The lowest BCUT2D eigenvalue weighted by atomic mass is 10.0. The summed E-state index contributed by atoms with van der Waals surface area (Å²) in [5, 5.41) is 0. The zero-order valence-corrected chi connectivity index (χ0v) is 9.30. The molecule has 1 aromatic rings.